The third-order valence-corrected chi connectivity index (χ3v) is 9.31. The predicted molar refractivity (Wildman–Crippen MR) is 179 cm³/mol. The Labute approximate surface area is 276 Å². The third-order valence-electron chi connectivity index (χ3n) is 8.33. The molecule has 7 rings (SSSR count). The molecule has 0 bridgehead atoms. The fourth-order valence-corrected chi connectivity index (χ4v) is 7.14. The van der Waals surface area contributed by atoms with Gasteiger partial charge in [0.1, 0.15) is 5.75 Å². The molecule has 0 radical (unpaired) electrons. The summed E-state index contributed by atoms with van der Waals surface area (Å²) >= 11 is 1.27. The van der Waals surface area contributed by atoms with E-state index in [9.17, 15) is 25.0 Å². The molecule has 12 nitrogen and oxygen atoms in total. The van der Waals surface area contributed by atoms with Gasteiger partial charge in [-0.25, -0.2) is 4.99 Å². The molecule has 0 fully saturated rings. The van der Waals surface area contributed by atoms with Gasteiger partial charge in [0.15, 0.2) is 16.3 Å². The summed E-state index contributed by atoms with van der Waals surface area (Å²) in [5.41, 5.74) is 4.45. The zero-order valence-corrected chi connectivity index (χ0v) is 26.4. The van der Waals surface area contributed by atoms with Crippen LogP contribution in [0.5, 0.6) is 23.0 Å². The van der Waals surface area contributed by atoms with E-state index in [0.29, 0.717) is 26.4 Å². The van der Waals surface area contributed by atoms with Crippen molar-refractivity contribution in [3.8, 4) is 23.0 Å². The number of allylic oxidation sites excluding steroid dienone is 1. The zero-order chi connectivity index (χ0) is 33.5. The molecule has 1 aliphatic heterocycles. The fourth-order valence-electron chi connectivity index (χ4n) is 6.14. The number of aromatic nitrogens is 1. The van der Waals surface area contributed by atoms with Crippen molar-refractivity contribution in [1.82, 2.24) is 4.57 Å². The molecular formula is C35H26N4O8S. The summed E-state index contributed by atoms with van der Waals surface area (Å²) in [5.74, 6) is 1.24. The Morgan fingerprint density at radius 2 is 1.67 bits per heavy atom. The molecule has 0 N–H and O–H groups in total. The number of fused-ring (bicyclic) bond motifs is 3. The van der Waals surface area contributed by atoms with Gasteiger partial charge in [0.05, 0.1) is 46.4 Å². The van der Waals surface area contributed by atoms with E-state index in [1.807, 2.05) is 30.3 Å². The van der Waals surface area contributed by atoms with Crippen LogP contribution in [0, 0.1) is 20.2 Å². The van der Waals surface area contributed by atoms with E-state index >= 15 is 0 Å². The molecular weight excluding hydrogens is 636 g/mol. The number of methoxy groups -OCH3 is 2. The summed E-state index contributed by atoms with van der Waals surface area (Å²) in [6.45, 7) is 0. The summed E-state index contributed by atoms with van der Waals surface area (Å²) in [4.78, 5) is 41.1. The van der Waals surface area contributed by atoms with Crippen LogP contribution < -0.4 is 29.1 Å². The molecule has 0 unspecified atom stereocenters. The van der Waals surface area contributed by atoms with E-state index in [2.05, 4.69) is 12.1 Å². The van der Waals surface area contributed by atoms with Crippen molar-refractivity contribution in [2.24, 2.45) is 4.99 Å². The summed E-state index contributed by atoms with van der Waals surface area (Å²) < 4.78 is 19.1. The van der Waals surface area contributed by atoms with Crippen LogP contribution in [0.3, 0.4) is 0 Å². The van der Waals surface area contributed by atoms with Crippen molar-refractivity contribution in [3.63, 3.8) is 0 Å². The van der Waals surface area contributed by atoms with Crippen molar-refractivity contribution < 1.29 is 24.1 Å². The molecule has 1 atom stereocenters. The SMILES string of the molecule is COc1ccc([C@@H]2C3=C(N=c4s/c(=C\c5cccc(Oc6ccc([N+](=O)[O-])cc6[N+](=O)[O-])c5)c(=O)n42)c2ccccc2CC3)cc1OC. The van der Waals surface area contributed by atoms with E-state index in [4.69, 9.17) is 19.2 Å². The molecule has 1 aromatic heterocycles. The van der Waals surface area contributed by atoms with Crippen LogP contribution in [0.25, 0.3) is 11.8 Å². The van der Waals surface area contributed by atoms with E-state index in [0.717, 1.165) is 47.4 Å². The molecule has 5 aromatic rings. The highest BCUT2D eigenvalue weighted by molar-refractivity contribution is 7.07. The highest BCUT2D eigenvalue weighted by Gasteiger charge is 2.33. The Hall–Kier alpha value is -6.08. The lowest BCUT2D eigenvalue weighted by atomic mass is 9.83. The smallest absolute Gasteiger partial charge is 0.318 e. The normalized spacial score (nSPS) is 15.1. The zero-order valence-electron chi connectivity index (χ0n) is 25.6. The molecule has 4 aromatic carbocycles. The predicted octanol–water partition coefficient (Wildman–Crippen LogP) is 5.94. The minimum absolute atomic E-state index is 0.150. The molecule has 2 heterocycles. The number of hydrogen-bond acceptors (Lipinski definition) is 10. The number of thiazole rings is 1. The Morgan fingerprint density at radius 1 is 0.875 bits per heavy atom. The summed E-state index contributed by atoms with van der Waals surface area (Å²) in [6.07, 6.45) is 3.27. The van der Waals surface area contributed by atoms with Gasteiger partial charge >= 0.3 is 5.69 Å². The molecule has 0 saturated carbocycles. The van der Waals surface area contributed by atoms with E-state index in [1.54, 1.807) is 49.1 Å². The first-order valence-corrected chi connectivity index (χ1v) is 15.6. The van der Waals surface area contributed by atoms with Crippen LogP contribution in [0.1, 0.15) is 34.7 Å². The van der Waals surface area contributed by atoms with Crippen molar-refractivity contribution in [2.45, 2.75) is 18.9 Å². The monoisotopic (exact) mass is 662 g/mol. The number of nitro benzene ring substituents is 2. The van der Waals surface area contributed by atoms with Gasteiger partial charge < -0.3 is 14.2 Å². The number of aryl methyl sites for hydroxylation is 1. The third kappa shape index (κ3) is 5.39. The number of non-ortho nitro benzene ring substituents is 1. The standard InChI is InChI=1S/C35H26N4O8S/c1-45-29-14-11-22(18-30(29)46-2)33-26-13-10-21-7-3-4-9-25(21)32(26)36-35-37(33)34(40)31(48-35)17-20-6-5-8-24(16-20)47-28-15-12-23(38(41)42)19-27(28)39(43)44/h3-9,11-12,14-19,33H,10,13H2,1-2H3/b31-17-/t33-/m1/s1. The highest BCUT2D eigenvalue weighted by Crippen LogP contribution is 2.43. The number of benzene rings is 4. The van der Waals surface area contributed by atoms with Gasteiger partial charge in [-0.3, -0.25) is 29.6 Å². The van der Waals surface area contributed by atoms with Crippen molar-refractivity contribution in [2.75, 3.05) is 14.2 Å². The van der Waals surface area contributed by atoms with Crippen LogP contribution in [-0.2, 0) is 6.42 Å². The topological polar surface area (TPSA) is 148 Å². The molecule has 0 saturated heterocycles. The lowest BCUT2D eigenvalue weighted by molar-refractivity contribution is -0.394. The van der Waals surface area contributed by atoms with Crippen molar-refractivity contribution in [1.29, 1.82) is 0 Å². The van der Waals surface area contributed by atoms with Gasteiger partial charge in [0.2, 0.25) is 5.75 Å². The maximum Gasteiger partial charge on any atom is 0.318 e. The van der Waals surface area contributed by atoms with Gasteiger partial charge in [-0.2, -0.15) is 0 Å². The molecule has 0 spiro atoms. The largest absolute Gasteiger partial charge is 0.493 e. The Balaban J connectivity index is 1.34. The second-order valence-electron chi connectivity index (χ2n) is 11.1. The first-order chi connectivity index (χ1) is 23.2. The molecule has 2 aliphatic rings. The Morgan fingerprint density at radius 3 is 2.44 bits per heavy atom. The first-order valence-electron chi connectivity index (χ1n) is 14.8. The van der Waals surface area contributed by atoms with Gasteiger partial charge in [-0.1, -0.05) is 53.8 Å². The highest BCUT2D eigenvalue weighted by atomic mass is 32.1. The van der Waals surface area contributed by atoms with Crippen LogP contribution in [-0.4, -0.2) is 28.6 Å². The maximum absolute atomic E-state index is 14.2. The van der Waals surface area contributed by atoms with Gasteiger partial charge in [0, 0.05) is 11.6 Å². The summed E-state index contributed by atoms with van der Waals surface area (Å²) in [5, 5.41) is 22.8. The van der Waals surface area contributed by atoms with Crippen LogP contribution in [0.15, 0.2) is 100 Å². The molecule has 1 aliphatic carbocycles. The van der Waals surface area contributed by atoms with E-state index in [1.165, 1.54) is 23.0 Å². The molecule has 240 valence electrons. The number of nitrogens with zero attached hydrogens (tertiary/aromatic N) is 4. The van der Waals surface area contributed by atoms with Gasteiger partial charge in [0.25, 0.3) is 11.2 Å². The number of hydrogen-bond donors (Lipinski definition) is 0. The average Bonchev–Trinajstić information content (AvgIpc) is 3.40. The van der Waals surface area contributed by atoms with Gasteiger partial charge in [-0.05, 0) is 71.5 Å². The van der Waals surface area contributed by atoms with Crippen LogP contribution in [0.2, 0.25) is 0 Å². The average molecular weight is 663 g/mol. The summed E-state index contributed by atoms with van der Waals surface area (Å²) in [6, 6.07) is 23.3. The van der Waals surface area contributed by atoms with Crippen molar-refractivity contribution in [3.05, 3.63) is 153 Å². The van der Waals surface area contributed by atoms with Crippen molar-refractivity contribution >= 4 is 34.5 Å². The Bertz CT molecular complexity index is 2360. The molecule has 48 heavy (non-hydrogen) atoms. The molecule has 0 amide bonds. The summed E-state index contributed by atoms with van der Waals surface area (Å²) in [7, 11) is 3.15. The number of rotatable bonds is 8. The van der Waals surface area contributed by atoms with Gasteiger partial charge in [-0.15, -0.1) is 0 Å². The second-order valence-corrected chi connectivity index (χ2v) is 12.1. The second kappa shape index (κ2) is 12.3. The number of ether oxygens (including phenoxy) is 3. The fraction of sp³-hybridized carbons (Fsp3) is 0.143. The Kier molecular flexibility index (Phi) is 7.81. The lowest BCUT2D eigenvalue weighted by Crippen LogP contribution is -2.38. The lowest BCUT2D eigenvalue weighted by Gasteiger charge is -2.31. The number of nitro groups is 2. The quantitative estimate of drug-likeness (QED) is 0.146. The maximum atomic E-state index is 14.2. The molecule has 13 heteroatoms. The minimum atomic E-state index is -0.736. The van der Waals surface area contributed by atoms with Crippen LogP contribution in [0.4, 0.5) is 11.4 Å². The van der Waals surface area contributed by atoms with E-state index in [-0.39, 0.29) is 17.1 Å². The first kappa shape index (κ1) is 30.6. The minimum Gasteiger partial charge on any atom is -0.493 e. The van der Waals surface area contributed by atoms with Crippen LogP contribution >= 0.6 is 11.3 Å². The van der Waals surface area contributed by atoms with E-state index < -0.39 is 27.3 Å².